The van der Waals surface area contributed by atoms with Gasteiger partial charge in [0, 0.05) is 25.2 Å². The summed E-state index contributed by atoms with van der Waals surface area (Å²) in [7, 11) is -3.49. The zero-order valence-corrected chi connectivity index (χ0v) is 14.1. The molecule has 1 aromatic carbocycles. The molecule has 0 aliphatic carbocycles. The summed E-state index contributed by atoms with van der Waals surface area (Å²) in [5.74, 6) is 0.919. The summed E-state index contributed by atoms with van der Waals surface area (Å²) in [6.07, 6.45) is 0. The maximum Gasteiger partial charge on any atom is 0.243 e. The van der Waals surface area contributed by atoms with E-state index < -0.39 is 10.0 Å². The molecular weight excluding hydrogens is 288 g/mol. The average molecular weight is 314 g/mol. The molecule has 6 heteroatoms. The summed E-state index contributed by atoms with van der Waals surface area (Å²) in [5, 5.41) is 0. The Labute approximate surface area is 128 Å². The molecule has 0 spiro atoms. The third-order valence-corrected chi connectivity index (χ3v) is 5.05. The lowest BCUT2D eigenvalue weighted by Crippen LogP contribution is -2.34. The SMILES string of the molecule is CCOc1ccc(S(=O)(=O)N(CC)CC(C)C)cc1CN. The first-order valence-corrected chi connectivity index (χ1v) is 8.76. The highest BCUT2D eigenvalue weighted by Crippen LogP contribution is 2.25. The molecule has 0 aliphatic heterocycles. The lowest BCUT2D eigenvalue weighted by Gasteiger charge is -2.23. The number of sulfonamides is 1. The number of benzene rings is 1. The van der Waals surface area contributed by atoms with Crippen LogP contribution in [0.15, 0.2) is 23.1 Å². The molecule has 0 saturated heterocycles. The van der Waals surface area contributed by atoms with Crippen molar-refractivity contribution >= 4 is 10.0 Å². The lowest BCUT2D eigenvalue weighted by atomic mass is 10.2. The summed E-state index contributed by atoms with van der Waals surface area (Å²) in [5.41, 5.74) is 6.40. The molecule has 0 amide bonds. The van der Waals surface area contributed by atoms with Crippen molar-refractivity contribution in [1.82, 2.24) is 4.31 Å². The van der Waals surface area contributed by atoms with Gasteiger partial charge in [-0.3, -0.25) is 0 Å². The van der Waals surface area contributed by atoms with E-state index in [1.165, 1.54) is 4.31 Å². The molecule has 120 valence electrons. The lowest BCUT2D eigenvalue weighted by molar-refractivity contribution is 0.336. The first-order valence-electron chi connectivity index (χ1n) is 7.32. The molecule has 0 fully saturated rings. The van der Waals surface area contributed by atoms with Crippen molar-refractivity contribution in [2.45, 2.75) is 39.1 Å². The van der Waals surface area contributed by atoms with Gasteiger partial charge in [-0.1, -0.05) is 20.8 Å². The smallest absolute Gasteiger partial charge is 0.243 e. The highest BCUT2D eigenvalue weighted by atomic mass is 32.2. The first kappa shape index (κ1) is 17.9. The Morgan fingerprint density at radius 3 is 2.43 bits per heavy atom. The molecule has 0 radical (unpaired) electrons. The quantitative estimate of drug-likeness (QED) is 0.798. The Hall–Kier alpha value is -1.11. The minimum absolute atomic E-state index is 0.245. The van der Waals surface area contributed by atoms with Gasteiger partial charge in [-0.15, -0.1) is 0 Å². The number of ether oxygens (including phenoxy) is 1. The van der Waals surface area contributed by atoms with Crippen molar-refractivity contribution in [1.29, 1.82) is 0 Å². The molecule has 0 aromatic heterocycles. The summed E-state index contributed by atoms with van der Waals surface area (Å²) < 4.78 is 32.3. The zero-order chi connectivity index (χ0) is 16.0. The van der Waals surface area contributed by atoms with E-state index in [0.717, 1.165) is 0 Å². The summed E-state index contributed by atoms with van der Waals surface area (Å²) in [6, 6.07) is 4.88. The standard InChI is InChI=1S/C15H26N2O3S/c1-5-17(11-12(3)4)21(18,19)14-7-8-15(20-6-2)13(9-14)10-16/h7-9,12H,5-6,10-11,16H2,1-4H3. The van der Waals surface area contributed by atoms with Crippen LogP contribution >= 0.6 is 0 Å². The second-order valence-corrected chi connectivity index (χ2v) is 7.19. The van der Waals surface area contributed by atoms with Crippen LogP contribution in [0.1, 0.15) is 33.3 Å². The highest BCUT2D eigenvalue weighted by molar-refractivity contribution is 7.89. The molecule has 5 nitrogen and oxygen atoms in total. The summed E-state index contributed by atoms with van der Waals surface area (Å²) in [6.45, 7) is 9.45. The molecular formula is C15H26N2O3S. The van der Waals surface area contributed by atoms with Gasteiger partial charge in [-0.05, 0) is 31.0 Å². The number of hydrogen-bond donors (Lipinski definition) is 1. The van der Waals surface area contributed by atoms with Gasteiger partial charge < -0.3 is 10.5 Å². The predicted octanol–water partition coefficient (Wildman–Crippen LogP) is 2.21. The van der Waals surface area contributed by atoms with E-state index in [2.05, 4.69) is 0 Å². The fraction of sp³-hybridized carbons (Fsp3) is 0.600. The normalized spacial score (nSPS) is 12.1. The van der Waals surface area contributed by atoms with Crippen molar-refractivity contribution < 1.29 is 13.2 Å². The summed E-state index contributed by atoms with van der Waals surface area (Å²) >= 11 is 0. The number of rotatable bonds is 8. The van der Waals surface area contributed by atoms with E-state index in [1.807, 2.05) is 27.7 Å². The van der Waals surface area contributed by atoms with Crippen LogP contribution in [0, 0.1) is 5.92 Å². The third kappa shape index (κ3) is 4.43. The van der Waals surface area contributed by atoms with E-state index in [1.54, 1.807) is 18.2 Å². The number of nitrogens with zero attached hydrogens (tertiary/aromatic N) is 1. The average Bonchev–Trinajstić information content (AvgIpc) is 2.44. The molecule has 1 rings (SSSR count). The van der Waals surface area contributed by atoms with Gasteiger partial charge in [0.2, 0.25) is 10.0 Å². The van der Waals surface area contributed by atoms with Gasteiger partial charge in [0.15, 0.2) is 0 Å². The van der Waals surface area contributed by atoms with Gasteiger partial charge in [0.25, 0.3) is 0 Å². The Morgan fingerprint density at radius 1 is 1.29 bits per heavy atom. The monoisotopic (exact) mass is 314 g/mol. The topological polar surface area (TPSA) is 72.6 Å². The Kier molecular flexibility index (Phi) is 6.64. The van der Waals surface area contributed by atoms with Crippen LogP contribution in [-0.4, -0.2) is 32.4 Å². The Morgan fingerprint density at radius 2 is 1.95 bits per heavy atom. The molecule has 0 heterocycles. The maximum atomic E-state index is 12.7. The molecule has 0 saturated carbocycles. The maximum absolute atomic E-state index is 12.7. The van der Waals surface area contributed by atoms with Crippen molar-refractivity contribution in [2.24, 2.45) is 11.7 Å². The van der Waals surface area contributed by atoms with Crippen molar-refractivity contribution in [3.05, 3.63) is 23.8 Å². The van der Waals surface area contributed by atoms with Gasteiger partial charge in [-0.2, -0.15) is 4.31 Å². The zero-order valence-electron chi connectivity index (χ0n) is 13.3. The number of hydrogen-bond acceptors (Lipinski definition) is 4. The third-order valence-electron chi connectivity index (χ3n) is 3.11. The molecule has 0 aliphatic rings. The number of nitrogens with two attached hydrogens (primary N) is 1. The second kappa shape index (κ2) is 7.77. The van der Waals surface area contributed by atoms with E-state index in [-0.39, 0.29) is 17.4 Å². The van der Waals surface area contributed by atoms with Crippen LogP contribution in [0.25, 0.3) is 0 Å². The van der Waals surface area contributed by atoms with Crippen molar-refractivity contribution in [3.63, 3.8) is 0 Å². The van der Waals surface area contributed by atoms with Gasteiger partial charge in [0.05, 0.1) is 11.5 Å². The van der Waals surface area contributed by atoms with E-state index in [0.29, 0.717) is 31.0 Å². The Balaban J connectivity index is 3.18. The van der Waals surface area contributed by atoms with Crippen LogP contribution in [0.5, 0.6) is 5.75 Å². The largest absolute Gasteiger partial charge is 0.494 e. The molecule has 21 heavy (non-hydrogen) atoms. The molecule has 1 aromatic rings. The highest BCUT2D eigenvalue weighted by Gasteiger charge is 2.24. The van der Waals surface area contributed by atoms with Crippen LogP contribution in [0.3, 0.4) is 0 Å². The minimum Gasteiger partial charge on any atom is -0.494 e. The van der Waals surface area contributed by atoms with Crippen LogP contribution < -0.4 is 10.5 Å². The molecule has 0 bridgehead atoms. The van der Waals surface area contributed by atoms with E-state index in [9.17, 15) is 8.42 Å². The van der Waals surface area contributed by atoms with Crippen LogP contribution in [0.2, 0.25) is 0 Å². The molecule has 2 N–H and O–H groups in total. The first-order chi connectivity index (χ1) is 9.86. The van der Waals surface area contributed by atoms with E-state index >= 15 is 0 Å². The fourth-order valence-electron chi connectivity index (χ4n) is 2.13. The fourth-order valence-corrected chi connectivity index (χ4v) is 3.79. The minimum atomic E-state index is -3.49. The molecule has 0 atom stereocenters. The van der Waals surface area contributed by atoms with Crippen molar-refractivity contribution in [2.75, 3.05) is 19.7 Å². The van der Waals surface area contributed by atoms with Crippen LogP contribution in [-0.2, 0) is 16.6 Å². The second-order valence-electron chi connectivity index (χ2n) is 5.26. The van der Waals surface area contributed by atoms with Gasteiger partial charge in [-0.25, -0.2) is 8.42 Å². The van der Waals surface area contributed by atoms with Crippen LogP contribution in [0.4, 0.5) is 0 Å². The molecule has 0 unspecified atom stereocenters. The predicted molar refractivity (Wildman–Crippen MR) is 84.8 cm³/mol. The van der Waals surface area contributed by atoms with Gasteiger partial charge in [0.1, 0.15) is 5.75 Å². The Bertz CT molecular complexity index is 556. The van der Waals surface area contributed by atoms with Crippen molar-refractivity contribution in [3.8, 4) is 5.75 Å². The van der Waals surface area contributed by atoms with E-state index in [4.69, 9.17) is 10.5 Å². The van der Waals surface area contributed by atoms with Gasteiger partial charge >= 0.3 is 0 Å². The summed E-state index contributed by atoms with van der Waals surface area (Å²) in [4.78, 5) is 0.272.